The Bertz CT molecular complexity index is 823. The van der Waals surface area contributed by atoms with Gasteiger partial charge in [-0.2, -0.15) is 0 Å². The molecular formula is C14H10N4O2. The fourth-order valence-electron chi connectivity index (χ4n) is 2.04. The summed E-state index contributed by atoms with van der Waals surface area (Å²) in [6.45, 7) is 1.49. The van der Waals surface area contributed by atoms with E-state index < -0.39 is 0 Å². The third-order valence-corrected chi connectivity index (χ3v) is 3.01. The van der Waals surface area contributed by atoms with Crippen molar-refractivity contribution in [3.05, 3.63) is 53.2 Å². The molecule has 0 saturated heterocycles. The van der Waals surface area contributed by atoms with Crippen molar-refractivity contribution in [3.8, 4) is 11.3 Å². The van der Waals surface area contributed by atoms with Gasteiger partial charge in [-0.25, -0.2) is 9.97 Å². The second-order valence-electron chi connectivity index (χ2n) is 4.30. The van der Waals surface area contributed by atoms with Crippen LogP contribution < -0.4 is 0 Å². The van der Waals surface area contributed by atoms with Crippen LogP contribution in [0.2, 0.25) is 0 Å². The van der Waals surface area contributed by atoms with Crippen molar-refractivity contribution in [2.24, 2.45) is 5.18 Å². The van der Waals surface area contributed by atoms with Crippen LogP contribution in [0, 0.1) is 4.91 Å². The number of hydrogen-bond acceptors (Lipinski definition) is 5. The number of aromatic nitrogens is 3. The van der Waals surface area contributed by atoms with Crippen LogP contribution in [0.25, 0.3) is 17.0 Å². The lowest BCUT2D eigenvalue weighted by Crippen LogP contribution is -1.91. The van der Waals surface area contributed by atoms with Gasteiger partial charge in [0.25, 0.3) is 0 Å². The average molecular weight is 266 g/mol. The van der Waals surface area contributed by atoms with E-state index in [-0.39, 0.29) is 11.6 Å². The highest BCUT2D eigenvalue weighted by atomic mass is 16.3. The molecule has 0 aliphatic rings. The predicted molar refractivity (Wildman–Crippen MR) is 73.9 cm³/mol. The van der Waals surface area contributed by atoms with E-state index in [1.54, 1.807) is 42.7 Å². The second kappa shape index (κ2) is 4.65. The van der Waals surface area contributed by atoms with E-state index in [0.29, 0.717) is 22.6 Å². The maximum absolute atomic E-state index is 11.4. The van der Waals surface area contributed by atoms with Crippen molar-refractivity contribution in [3.63, 3.8) is 0 Å². The van der Waals surface area contributed by atoms with Crippen LogP contribution in [-0.2, 0) is 0 Å². The Morgan fingerprint density at radius 2 is 2.15 bits per heavy atom. The van der Waals surface area contributed by atoms with Gasteiger partial charge in [-0.3, -0.25) is 9.20 Å². The Kier molecular flexibility index (Phi) is 2.83. The van der Waals surface area contributed by atoms with Crippen LogP contribution in [0.3, 0.4) is 0 Å². The molecule has 6 nitrogen and oxygen atoms in total. The number of Topliss-reactive ketones (excluding diaryl/α,β-unsaturated/α-hetero) is 1. The van der Waals surface area contributed by atoms with Gasteiger partial charge in [-0.15, -0.1) is 4.91 Å². The molecule has 98 valence electrons. The van der Waals surface area contributed by atoms with E-state index in [0.717, 1.165) is 0 Å². The molecule has 0 N–H and O–H groups in total. The lowest BCUT2D eigenvalue weighted by Gasteiger charge is -2.00. The van der Waals surface area contributed by atoms with Crippen LogP contribution in [0.5, 0.6) is 0 Å². The van der Waals surface area contributed by atoms with Gasteiger partial charge < -0.3 is 0 Å². The number of fused-ring (bicyclic) bond motifs is 1. The Labute approximate surface area is 114 Å². The van der Waals surface area contributed by atoms with Crippen LogP contribution in [0.15, 0.2) is 47.9 Å². The molecule has 0 atom stereocenters. The van der Waals surface area contributed by atoms with Crippen molar-refractivity contribution in [2.75, 3.05) is 0 Å². The van der Waals surface area contributed by atoms with Gasteiger partial charge in [-0.1, -0.05) is 18.2 Å². The minimum absolute atomic E-state index is 0.0469. The summed E-state index contributed by atoms with van der Waals surface area (Å²) in [5.74, 6) is 0.522. The molecule has 0 bridgehead atoms. The van der Waals surface area contributed by atoms with Crippen molar-refractivity contribution in [2.45, 2.75) is 6.92 Å². The summed E-state index contributed by atoms with van der Waals surface area (Å²) in [7, 11) is 0. The minimum Gasteiger partial charge on any atom is -0.295 e. The van der Waals surface area contributed by atoms with Crippen LogP contribution >= 0.6 is 0 Å². The maximum Gasteiger partial charge on any atom is 0.236 e. The smallest absolute Gasteiger partial charge is 0.236 e. The molecule has 0 spiro atoms. The zero-order valence-electron chi connectivity index (χ0n) is 10.6. The molecule has 0 saturated carbocycles. The number of carbonyl (C=O) groups excluding carboxylic acids is 1. The molecule has 2 aromatic heterocycles. The van der Waals surface area contributed by atoms with Crippen molar-refractivity contribution in [1.82, 2.24) is 14.4 Å². The first-order valence-corrected chi connectivity index (χ1v) is 5.98. The normalized spacial score (nSPS) is 10.7. The van der Waals surface area contributed by atoms with E-state index in [1.165, 1.54) is 11.3 Å². The van der Waals surface area contributed by atoms with E-state index in [9.17, 15) is 9.70 Å². The number of rotatable bonds is 3. The molecule has 20 heavy (non-hydrogen) atoms. The van der Waals surface area contributed by atoms with E-state index in [4.69, 9.17) is 0 Å². The highest BCUT2D eigenvalue weighted by Crippen LogP contribution is 2.30. The average Bonchev–Trinajstić information content (AvgIpc) is 2.86. The summed E-state index contributed by atoms with van der Waals surface area (Å²) >= 11 is 0. The molecule has 0 radical (unpaired) electrons. The molecule has 0 fully saturated rings. The predicted octanol–water partition coefficient (Wildman–Crippen LogP) is 3.00. The number of ketones is 1. The first-order valence-electron chi connectivity index (χ1n) is 5.98. The first kappa shape index (κ1) is 12.2. The van der Waals surface area contributed by atoms with Gasteiger partial charge in [0.1, 0.15) is 5.69 Å². The van der Waals surface area contributed by atoms with E-state index in [2.05, 4.69) is 15.1 Å². The topological polar surface area (TPSA) is 76.7 Å². The second-order valence-corrected chi connectivity index (χ2v) is 4.30. The third kappa shape index (κ3) is 1.87. The Hall–Kier alpha value is -2.89. The molecule has 0 aliphatic heterocycles. The van der Waals surface area contributed by atoms with Gasteiger partial charge in [0.05, 0.1) is 0 Å². The lowest BCUT2D eigenvalue weighted by molar-refractivity contribution is 0.101. The SMILES string of the molecule is CC(=O)c1cccc(-c2nc3ncccn3c2N=O)c1. The molecular weight excluding hydrogens is 256 g/mol. The van der Waals surface area contributed by atoms with Crippen molar-refractivity contribution in [1.29, 1.82) is 0 Å². The molecule has 3 aromatic rings. The number of carbonyl (C=O) groups is 1. The van der Waals surface area contributed by atoms with Crippen molar-refractivity contribution >= 4 is 17.4 Å². The fourth-order valence-corrected chi connectivity index (χ4v) is 2.04. The number of hydrogen-bond donors (Lipinski definition) is 0. The lowest BCUT2D eigenvalue weighted by atomic mass is 10.1. The number of nitrogens with zero attached hydrogens (tertiary/aromatic N) is 4. The van der Waals surface area contributed by atoms with E-state index >= 15 is 0 Å². The highest BCUT2D eigenvalue weighted by Gasteiger charge is 2.15. The molecule has 3 rings (SSSR count). The molecule has 1 aromatic carbocycles. The summed E-state index contributed by atoms with van der Waals surface area (Å²) in [5, 5.41) is 3.04. The summed E-state index contributed by atoms with van der Waals surface area (Å²) < 4.78 is 1.52. The Morgan fingerprint density at radius 3 is 2.90 bits per heavy atom. The fraction of sp³-hybridized carbons (Fsp3) is 0.0714. The summed E-state index contributed by atoms with van der Waals surface area (Å²) in [4.78, 5) is 30.9. The minimum atomic E-state index is -0.0469. The van der Waals surface area contributed by atoms with Crippen molar-refractivity contribution < 1.29 is 4.79 Å². The van der Waals surface area contributed by atoms with Gasteiger partial charge in [-0.05, 0) is 24.2 Å². The van der Waals surface area contributed by atoms with Gasteiger partial charge in [0, 0.05) is 23.5 Å². The Balaban J connectivity index is 2.26. The summed E-state index contributed by atoms with van der Waals surface area (Å²) in [6.07, 6.45) is 3.26. The van der Waals surface area contributed by atoms with Crippen LogP contribution in [-0.4, -0.2) is 20.2 Å². The largest absolute Gasteiger partial charge is 0.295 e. The standard InChI is InChI=1S/C14H10N4O2/c1-9(19)10-4-2-5-11(8-10)12-13(17-20)18-7-3-6-15-14(18)16-12/h2-8H,1H3. The molecule has 0 amide bonds. The zero-order valence-corrected chi connectivity index (χ0v) is 10.6. The van der Waals surface area contributed by atoms with Gasteiger partial charge in [0.2, 0.25) is 11.6 Å². The number of nitroso groups, excluding NO2 is 1. The van der Waals surface area contributed by atoms with E-state index in [1.807, 2.05) is 0 Å². The summed E-state index contributed by atoms with van der Waals surface area (Å²) in [5.41, 5.74) is 1.64. The molecule has 2 heterocycles. The Morgan fingerprint density at radius 1 is 1.30 bits per heavy atom. The first-order chi connectivity index (χ1) is 9.70. The molecule has 0 unspecified atom stereocenters. The monoisotopic (exact) mass is 266 g/mol. The maximum atomic E-state index is 11.4. The molecule has 0 aliphatic carbocycles. The third-order valence-electron chi connectivity index (χ3n) is 3.01. The summed E-state index contributed by atoms with van der Waals surface area (Å²) in [6, 6.07) is 8.63. The zero-order chi connectivity index (χ0) is 14.1. The number of benzene rings is 1. The van der Waals surface area contributed by atoms with Crippen LogP contribution in [0.4, 0.5) is 5.82 Å². The van der Waals surface area contributed by atoms with Gasteiger partial charge in [0.15, 0.2) is 5.78 Å². The van der Waals surface area contributed by atoms with Gasteiger partial charge >= 0.3 is 0 Å². The number of imidazole rings is 1. The highest BCUT2D eigenvalue weighted by molar-refractivity contribution is 5.95. The van der Waals surface area contributed by atoms with Crippen LogP contribution in [0.1, 0.15) is 17.3 Å². The molecule has 6 heteroatoms. The quantitative estimate of drug-likeness (QED) is 0.539.